The molecule has 2 aromatic carbocycles. The average Bonchev–Trinajstić information content (AvgIpc) is 2.95. The van der Waals surface area contributed by atoms with Gasteiger partial charge in [0.25, 0.3) is 0 Å². The molecule has 4 nitrogen and oxygen atoms in total. The molecule has 3 aromatic rings. The van der Waals surface area contributed by atoms with Crippen LogP contribution in [0.25, 0.3) is 17.3 Å². The monoisotopic (exact) mass is 434 g/mol. The Balaban J connectivity index is 2.05. The molecule has 0 unspecified atom stereocenters. The van der Waals surface area contributed by atoms with Crippen LogP contribution in [0.3, 0.4) is 0 Å². The Hall–Kier alpha value is -3.10. The normalized spacial score (nSPS) is 11.3. The van der Waals surface area contributed by atoms with Crippen LogP contribution in [0.15, 0.2) is 53.0 Å². The third kappa shape index (κ3) is 3.78. The number of rotatable bonds is 4. The highest BCUT2D eigenvalue weighted by Gasteiger charge is 2.12. The number of carbonyl (C=O) groups is 1. The molecule has 0 atom stereocenters. The van der Waals surface area contributed by atoms with Gasteiger partial charge in [-0.1, -0.05) is 28.1 Å². The summed E-state index contributed by atoms with van der Waals surface area (Å²) < 4.78 is 3.23. The highest BCUT2D eigenvalue weighted by atomic mass is 79.9. The van der Waals surface area contributed by atoms with Crippen LogP contribution in [0.2, 0.25) is 0 Å². The highest BCUT2D eigenvalue weighted by molar-refractivity contribution is 9.10. The van der Waals surface area contributed by atoms with E-state index in [1.165, 1.54) is 12.1 Å². The van der Waals surface area contributed by atoms with Crippen molar-refractivity contribution in [1.82, 2.24) is 4.57 Å². The van der Waals surface area contributed by atoms with E-state index < -0.39 is 5.97 Å². The van der Waals surface area contributed by atoms with E-state index in [1.54, 1.807) is 12.1 Å². The molecule has 0 fully saturated rings. The fraction of sp³-hybridized carbons (Fsp3) is 0.130. The van der Waals surface area contributed by atoms with E-state index in [4.69, 9.17) is 5.11 Å². The second-order valence-corrected chi connectivity index (χ2v) is 7.50. The standard InChI is InChI=1S/C23H19BrN2O2/c1-14-10-21(8-9-22(14)24)26-15(2)11-19(16(26)3)12-20(13-25)17-4-6-18(7-5-17)23(27)28/h4-12H,1-3H3,(H,27,28)/b20-12-. The van der Waals surface area contributed by atoms with Gasteiger partial charge in [-0.3, -0.25) is 0 Å². The van der Waals surface area contributed by atoms with Crippen LogP contribution in [0, 0.1) is 32.1 Å². The topological polar surface area (TPSA) is 66.0 Å². The molecule has 0 spiro atoms. The largest absolute Gasteiger partial charge is 0.478 e. The molecular formula is C23H19BrN2O2. The van der Waals surface area contributed by atoms with Crippen molar-refractivity contribution in [2.24, 2.45) is 0 Å². The van der Waals surface area contributed by atoms with E-state index in [0.29, 0.717) is 11.1 Å². The number of benzene rings is 2. The number of aromatic carboxylic acids is 1. The van der Waals surface area contributed by atoms with E-state index in [0.717, 1.165) is 32.7 Å². The lowest BCUT2D eigenvalue weighted by molar-refractivity contribution is 0.0697. The van der Waals surface area contributed by atoms with Crippen LogP contribution >= 0.6 is 15.9 Å². The Morgan fingerprint density at radius 3 is 2.29 bits per heavy atom. The smallest absolute Gasteiger partial charge is 0.335 e. The van der Waals surface area contributed by atoms with Gasteiger partial charge in [0.2, 0.25) is 0 Å². The first kappa shape index (κ1) is 19.7. The molecule has 0 aliphatic carbocycles. The molecule has 28 heavy (non-hydrogen) atoms. The molecule has 1 heterocycles. The molecule has 0 bridgehead atoms. The minimum atomic E-state index is -0.984. The number of aromatic nitrogens is 1. The van der Waals surface area contributed by atoms with Gasteiger partial charge in [0.1, 0.15) is 0 Å². The van der Waals surface area contributed by atoms with Gasteiger partial charge in [0, 0.05) is 21.5 Å². The lowest BCUT2D eigenvalue weighted by Gasteiger charge is -2.11. The van der Waals surface area contributed by atoms with Crippen LogP contribution in [0.5, 0.6) is 0 Å². The van der Waals surface area contributed by atoms with Crippen molar-refractivity contribution in [3.63, 3.8) is 0 Å². The van der Waals surface area contributed by atoms with Gasteiger partial charge < -0.3 is 9.67 Å². The molecule has 5 heteroatoms. The first-order chi connectivity index (χ1) is 13.3. The number of hydrogen-bond donors (Lipinski definition) is 1. The van der Waals surface area contributed by atoms with Crippen molar-refractivity contribution in [1.29, 1.82) is 5.26 Å². The lowest BCUT2D eigenvalue weighted by atomic mass is 10.0. The van der Waals surface area contributed by atoms with Crippen molar-refractivity contribution in [3.05, 3.63) is 86.6 Å². The number of carboxylic acids is 1. The van der Waals surface area contributed by atoms with Gasteiger partial charge in [-0.15, -0.1) is 0 Å². The molecule has 0 saturated carbocycles. The summed E-state index contributed by atoms with van der Waals surface area (Å²) in [5.41, 5.74) is 6.67. The summed E-state index contributed by atoms with van der Waals surface area (Å²) in [5, 5.41) is 18.7. The average molecular weight is 435 g/mol. The van der Waals surface area contributed by atoms with Crippen molar-refractivity contribution in [2.75, 3.05) is 0 Å². The quantitative estimate of drug-likeness (QED) is 0.517. The molecular weight excluding hydrogens is 416 g/mol. The predicted molar refractivity (Wildman–Crippen MR) is 115 cm³/mol. The van der Waals surface area contributed by atoms with E-state index >= 15 is 0 Å². The zero-order valence-corrected chi connectivity index (χ0v) is 17.4. The van der Waals surface area contributed by atoms with Crippen molar-refractivity contribution < 1.29 is 9.90 Å². The molecule has 0 aliphatic rings. The summed E-state index contributed by atoms with van der Waals surface area (Å²) >= 11 is 3.53. The van der Waals surface area contributed by atoms with Gasteiger partial charge in [-0.25, -0.2) is 4.79 Å². The molecule has 1 N–H and O–H groups in total. The van der Waals surface area contributed by atoms with E-state index in [9.17, 15) is 10.1 Å². The maximum atomic E-state index is 11.0. The lowest BCUT2D eigenvalue weighted by Crippen LogP contribution is -1.99. The Labute approximate surface area is 172 Å². The fourth-order valence-electron chi connectivity index (χ4n) is 3.23. The zero-order chi connectivity index (χ0) is 20.4. The Morgan fingerprint density at radius 2 is 1.71 bits per heavy atom. The van der Waals surface area contributed by atoms with E-state index in [1.807, 2.05) is 26.0 Å². The van der Waals surface area contributed by atoms with Crippen molar-refractivity contribution >= 4 is 33.5 Å². The number of nitrogens with zero attached hydrogens (tertiary/aromatic N) is 2. The van der Waals surface area contributed by atoms with E-state index in [-0.39, 0.29) is 5.56 Å². The maximum absolute atomic E-state index is 11.0. The fourth-order valence-corrected chi connectivity index (χ4v) is 3.47. The third-order valence-corrected chi connectivity index (χ3v) is 5.62. The molecule has 0 aliphatic heterocycles. The van der Waals surface area contributed by atoms with Crippen LogP contribution in [-0.2, 0) is 0 Å². The maximum Gasteiger partial charge on any atom is 0.335 e. The SMILES string of the molecule is Cc1cc(-n2c(C)cc(/C=C(/C#N)c3ccc(C(=O)O)cc3)c2C)ccc1Br. The molecule has 140 valence electrons. The molecule has 3 rings (SSSR count). The minimum absolute atomic E-state index is 0.199. The third-order valence-electron chi connectivity index (χ3n) is 4.73. The number of allylic oxidation sites excluding steroid dienone is 1. The number of halogens is 1. The van der Waals surface area contributed by atoms with Gasteiger partial charge in [0.15, 0.2) is 0 Å². The van der Waals surface area contributed by atoms with Crippen molar-refractivity contribution in [3.8, 4) is 11.8 Å². The second kappa shape index (κ2) is 7.87. The summed E-state index contributed by atoms with van der Waals surface area (Å²) in [4.78, 5) is 11.0. The summed E-state index contributed by atoms with van der Waals surface area (Å²) in [6.07, 6.45) is 1.85. The van der Waals surface area contributed by atoms with Crippen LogP contribution in [-0.4, -0.2) is 15.6 Å². The van der Waals surface area contributed by atoms with Gasteiger partial charge in [-0.05, 0) is 79.9 Å². The first-order valence-corrected chi connectivity index (χ1v) is 9.52. The van der Waals surface area contributed by atoms with Crippen LogP contribution in [0.4, 0.5) is 0 Å². The van der Waals surface area contributed by atoms with Crippen molar-refractivity contribution in [2.45, 2.75) is 20.8 Å². The second-order valence-electron chi connectivity index (χ2n) is 6.65. The number of hydrogen-bond acceptors (Lipinski definition) is 2. The van der Waals surface area contributed by atoms with E-state index in [2.05, 4.69) is 51.7 Å². The Bertz CT molecular complexity index is 1130. The number of nitriles is 1. The zero-order valence-electron chi connectivity index (χ0n) is 15.8. The first-order valence-electron chi connectivity index (χ1n) is 8.73. The number of aryl methyl sites for hydroxylation is 2. The van der Waals surface area contributed by atoms with Gasteiger partial charge in [-0.2, -0.15) is 5.26 Å². The predicted octanol–water partition coefficient (Wildman–Crippen LogP) is 5.93. The summed E-state index contributed by atoms with van der Waals surface area (Å²) in [7, 11) is 0. The Morgan fingerprint density at radius 1 is 1.07 bits per heavy atom. The van der Waals surface area contributed by atoms with Gasteiger partial charge in [0.05, 0.1) is 17.2 Å². The van der Waals surface area contributed by atoms with Crippen LogP contribution < -0.4 is 0 Å². The van der Waals surface area contributed by atoms with Crippen LogP contribution in [0.1, 0.15) is 38.4 Å². The Kier molecular flexibility index (Phi) is 5.53. The molecule has 0 amide bonds. The molecule has 1 aromatic heterocycles. The molecule has 0 saturated heterocycles. The summed E-state index contributed by atoms with van der Waals surface area (Å²) in [5.74, 6) is -0.984. The minimum Gasteiger partial charge on any atom is -0.478 e. The van der Waals surface area contributed by atoms with Gasteiger partial charge >= 0.3 is 5.97 Å². The highest BCUT2D eigenvalue weighted by Crippen LogP contribution is 2.27. The summed E-state index contributed by atoms with van der Waals surface area (Å²) in [6, 6.07) is 16.8. The molecule has 0 radical (unpaired) electrons. The number of carboxylic acid groups (broad SMARTS) is 1. The summed E-state index contributed by atoms with van der Waals surface area (Å²) in [6.45, 7) is 6.12.